The third kappa shape index (κ3) is 2.26. The normalized spacial score (nSPS) is 17.9. The van der Waals surface area contributed by atoms with Crippen LogP contribution < -0.4 is 10.5 Å². The fraction of sp³-hybridized carbons (Fsp3) is 0.500. The summed E-state index contributed by atoms with van der Waals surface area (Å²) in [6.07, 6.45) is 2.64. The second-order valence-corrected chi connectivity index (χ2v) is 4.08. The second-order valence-electron chi connectivity index (χ2n) is 4.08. The number of rotatable bonds is 4. The van der Waals surface area contributed by atoms with Gasteiger partial charge in [-0.3, -0.25) is 0 Å². The van der Waals surface area contributed by atoms with E-state index in [1.807, 2.05) is 31.2 Å². The van der Waals surface area contributed by atoms with Gasteiger partial charge in [-0.1, -0.05) is 18.2 Å². The van der Waals surface area contributed by atoms with Gasteiger partial charge >= 0.3 is 0 Å². The highest BCUT2D eigenvalue weighted by atomic mass is 16.5. The molecule has 0 aromatic heterocycles. The minimum Gasteiger partial charge on any atom is -0.493 e. The van der Waals surface area contributed by atoms with Crippen LogP contribution in [-0.4, -0.2) is 6.61 Å². The van der Waals surface area contributed by atoms with Gasteiger partial charge in [0.05, 0.1) is 6.61 Å². The van der Waals surface area contributed by atoms with E-state index in [9.17, 15) is 0 Å². The zero-order valence-corrected chi connectivity index (χ0v) is 8.57. The van der Waals surface area contributed by atoms with Crippen LogP contribution in [0.1, 0.15) is 31.4 Å². The highest BCUT2D eigenvalue weighted by Gasteiger charge is 2.22. The van der Waals surface area contributed by atoms with Gasteiger partial charge in [0.15, 0.2) is 0 Å². The molecule has 76 valence electrons. The summed E-state index contributed by atoms with van der Waals surface area (Å²) in [5.41, 5.74) is 6.96. The van der Waals surface area contributed by atoms with E-state index in [0.29, 0.717) is 0 Å². The van der Waals surface area contributed by atoms with Crippen LogP contribution in [0.15, 0.2) is 24.3 Å². The van der Waals surface area contributed by atoms with E-state index in [1.165, 1.54) is 12.8 Å². The van der Waals surface area contributed by atoms with Gasteiger partial charge in [0.1, 0.15) is 5.75 Å². The van der Waals surface area contributed by atoms with Crippen LogP contribution in [0, 0.1) is 5.92 Å². The van der Waals surface area contributed by atoms with E-state index in [2.05, 4.69) is 0 Å². The Morgan fingerprint density at radius 1 is 1.43 bits per heavy atom. The Balaban J connectivity index is 2.05. The smallest absolute Gasteiger partial charge is 0.124 e. The molecule has 0 spiro atoms. The molecule has 0 heterocycles. The van der Waals surface area contributed by atoms with Gasteiger partial charge in [0.25, 0.3) is 0 Å². The number of ether oxygens (including phenoxy) is 1. The van der Waals surface area contributed by atoms with Gasteiger partial charge < -0.3 is 10.5 Å². The van der Waals surface area contributed by atoms with E-state index >= 15 is 0 Å². The SMILES string of the molecule is C[C@H](N)c1ccccc1OCC1CC1. The summed E-state index contributed by atoms with van der Waals surface area (Å²) in [6, 6.07) is 8.08. The highest BCUT2D eigenvalue weighted by molar-refractivity contribution is 5.35. The maximum atomic E-state index is 5.86. The Bertz CT molecular complexity index is 305. The fourth-order valence-corrected chi connectivity index (χ4v) is 1.48. The predicted octanol–water partition coefficient (Wildman–Crippen LogP) is 2.50. The minimum atomic E-state index is 0.0467. The van der Waals surface area contributed by atoms with Crippen LogP contribution in [0.2, 0.25) is 0 Å². The van der Waals surface area contributed by atoms with Gasteiger partial charge in [-0.25, -0.2) is 0 Å². The van der Waals surface area contributed by atoms with E-state index < -0.39 is 0 Å². The van der Waals surface area contributed by atoms with E-state index in [4.69, 9.17) is 10.5 Å². The van der Waals surface area contributed by atoms with Crippen molar-refractivity contribution in [1.82, 2.24) is 0 Å². The molecule has 2 nitrogen and oxygen atoms in total. The summed E-state index contributed by atoms with van der Waals surface area (Å²) in [6.45, 7) is 2.84. The molecular weight excluding hydrogens is 174 g/mol. The van der Waals surface area contributed by atoms with Crippen LogP contribution in [0.5, 0.6) is 5.75 Å². The minimum absolute atomic E-state index is 0.0467. The molecule has 0 aliphatic heterocycles. The van der Waals surface area contributed by atoms with Crippen molar-refractivity contribution < 1.29 is 4.74 Å². The summed E-state index contributed by atoms with van der Waals surface area (Å²) in [4.78, 5) is 0. The van der Waals surface area contributed by atoms with Crippen LogP contribution in [0.4, 0.5) is 0 Å². The summed E-state index contributed by atoms with van der Waals surface area (Å²) in [5.74, 6) is 1.74. The maximum absolute atomic E-state index is 5.86. The highest BCUT2D eigenvalue weighted by Crippen LogP contribution is 2.31. The quantitative estimate of drug-likeness (QED) is 0.793. The van der Waals surface area contributed by atoms with E-state index in [1.54, 1.807) is 0 Å². The van der Waals surface area contributed by atoms with Crippen molar-refractivity contribution >= 4 is 0 Å². The molecule has 14 heavy (non-hydrogen) atoms. The third-order valence-electron chi connectivity index (χ3n) is 2.58. The molecular formula is C12H17NO. The van der Waals surface area contributed by atoms with Crippen LogP contribution in [0.25, 0.3) is 0 Å². The first-order chi connectivity index (χ1) is 6.77. The Morgan fingerprint density at radius 2 is 2.14 bits per heavy atom. The molecule has 1 aliphatic rings. The standard InChI is InChI=1S/C12H17NO/c1-9(13)11-4-2-3-5-12(11)14-8-10-6-7-10/h2-5,9-10H,6-8,13H2,1H3/t9-/m0/s1. The Morgan fingerprint density at radius 3 is 2.79 bits per heavy atom. The number of para-hydroxylation sites is 1. The molecule has 0 unspecified atom stereocenters. The molecule has 1 aromatic rings. The van der Waals surface area contributed by atoms with Crippen LogP contribution >= 0.6 is 0 Å². The number of nitrogens with two attached hydrogens (primary N) is 1. The van der Waals surface area contributed by atoms with Gasteiger partial charge in [-0.05, 0) is 31.7 Å². The number of hydrogen-bond donors (Lipinski definition) is 1. The van der Waals surface area contributed by atoms with Crippen molar-refractivity contribution in [2.24, 2.45) is 11.7 Å². The van der Waals surface area contributed by atoms with E-state index in [0.717, 1.165) is 23.8 Å². The zero-order chi connectivity index (χ0) is 9.97. The lowest BCUT2D eigenvalue weighted by atomic mass is 10.1. The largest absolute Gasteiger partial charge is 0.493 e. The van der Waals surface area contributed by atoms with Crippen molar-refractivity contribution in [1.29, 1.82) is 0 Å². The molecule has 2 N–H and O–H groups in total. The number of benzene rings is 1. The molecule has 0 saturated heterocycles. The molecule has 2 rings (SSSR count). The Labute approximate surface area is 85.1 Å². The third-order valence-corrected chi connectivity index (χ3v) is 2.58. The zero-order valence-electron chi connectivity index (χ0n) is 8.57. The Kier molecular flexibility index (Phi) is 2.73. The first-order valence-corrected chi connectivity index (χ1v) is 5.24. The van der Waals surface area contributed by atoms with Crippen molar-refractivity contribution in [2.45, 2.75) is 25.8 Å². The lowest BCUT2D eigenvalue weighted by Crippen LogP contribution is -2.09. The average Bonchev–Trinajstić information content (AvgIpc) is 2.98. The lowest BCUT2D eigenvalue weighted by Gasteiger charge is -2.13. The first kappa shape index (κ1) is 9.53. The summed E-state index contributed by atoms with van der Waals surface area (Å²) in [5, 5.41) is 0. The second kappa shape index (κ2) is 4.01. The monoisotopic (exact) mass is 191 g/mol. The first-order valence-electron chi connectivity index (χ1n) is 5.24. The molecule has 1 atom stereocenters. The molecule has 1 saturated carbocycles. The van der Waals surface area contributed by atoms with Crippen molar-refractivity contribution in [2.75, 3.05) is 6.61 Å². The molecule has 1 aromatic carbocycles. The van der Waals surface area contributed by atoms with Gasteiger partial charge in [0, 0.05) is 11.6 Å². The van der Waals surface area contributed by atoms with E-state index in [-0.39, 0.29) is 6.04 Å². The van der Waals surface area contributed by atoms with Crippen molar-refractivity contribution in [3.63, 3.8) is 0 Å². The topological polar surface area (TPSA) is 35.2 Å². The van der Waals surface area contributed by atoms with Crippen molar-refractivity contribution in [3.05, 3.63) is 29.8 Å². The predicted molar refractivity (Wildman–Crippen MR) is 57.3 cm³/mol. The average molecular weight is 191 g/mol. The van der Waals surface area contributed by atoms with Crippen LogP contribution in [0.3, 0.4) is 0 Å². The Hall–Kier alpha value is -1.02. The number of hydrogen-bond acceptors (Lipinski definition) is 2. The molecule has 0 amide bonds. The van der Waals surface area contributed by atoms with Crippen molar-refractivity contribution in [3.8, 4) is 5.75 Å². The molecule has 0 radical (unpaired) electrons. The van der Waals surface area contributed by atoms with Gasteiger partial charge in [0.2, 0.25) is 0 Å². The maximum Gasteiger partial charge on any atom is 0.124 e. The molecule has 1 fully saturated rings. The molecule has 2 heteroatoms. The van der Waals surface area contributed by atoms with Crippen LogP contribution in [-0.2, 0) is 0 Å². The van der Waals surface area contributed by atoms with Gasteiger partial charge in [-0.15, -0.1) is 0 Å². The summed E-state index contributed by atoms with van der Waals surface area (Å²) < 4.78 is 5.74. The lowest BCUT2D eigenvalue weighted by molar-refractivity contribution is 0.295. The molecule has 1 aliphatic carbocycles. The fourth-order valence-electron chi connectivity index (χ4n) is 1.48. The summed E-state index contributed by atoms with van der Waals surface area (Å²) in [7, 11) is 0. The summed E-state index contributed by atoms with van der Waals surface area (Å²) >= 11 is 0. The molecule has 0 bridgehead atoms. The van der Waals surface area contributed by atoms with Gasteiger partial charge in [-0.2, -0.15) is 0 Å².